The lowest BCUT2D eigenvalue weighted by atomic mass is 9.79. The summed E-state index contributed by atoms with van der Waals surface area (Å²) in [6, 6.07) is 5.87. The number of carbonyl (C=O) groups is 1. The van der Waals surface area contributed by atoms with Crippen LogP contribution in [0, 0.1) is 5.41 Å². The molecule has 1 aliphatic rings. The number of carbonyl (C=O) groups excluding carboxylic acids is 1. The van der Waals surface area contributed by atoms with Gasteiger partial charge in [0.25, 0.3) is 0 Å². The topological polar surface area (TPSA) is 41.6 Å². The number of piperidine rings is 1. The van der Waals surface area contributed by atoms with Crippen LogP contribution >= 0.6 is 15.9 Å². The van der Waals surface area contributed by atoms with E-state index in [4.69, 9.17) is 4.74 Å². The van der Waals surface area contributed by atoms with Crippen molar-refractivity contribution in [3.8, 4) is 5.75 Å². The zero-order valence-corrected chi connectivity index (χ0v) is 14.5. The van der Waals surface area contributed by atoms with Gasteiger partial charge in [0.1, 0.15) is 5.75 Å². The lowest BCUT2D eigenvalue weighted by Crippen LogP contribution is -2.46. The van der Waals surface area contributed by atoms with E-state index in [-0.39, 0.29) is 11.3 Å². The Kier molecular flexibility index (Phi) is 5.27. The average Bonchev–Trinajstić information content (AvgIpc) is 2.47. The van der Waals surface area contributed by atoms with Crippen LogP contribution in [0.4, 0.5) is 0 Å². The Morgan fingerprint density at radius 3 is 2.71 bits per heavy atom. The molecule has 2 rings (SSSR count). The Hall–Kier alpha value is -1.07. The highest BCUT2D eigenvalue weighted by molar-refractivity contribution is 9.10. The van der Waals surface area contributed by atoms with Gasteiger partial charge in [-0.1, -0.05) is 22.9 Å². The standard InChI is InChI=1S/C16H23BrN2O2/c1-16(6-8-18-9-7-16)15(20)19(2)11-12-10-13(17)4-5-14(12)21-3/h4-5,10,18H,6-9,11H2,1-3H3. The van der Waals surface area contributed by atoms with E-state index in [0.717, 1.165) is 41.7 Å². The highest BCUT2D eigenvalue weighted by atomic mass is 79.9. The van der Waals surface area contributed by atoms with Gasteiger partial charge >= 0.3 is 0 Å². The summed E-state index contributed by atoms with van der Waals surface area (Å²) in [5.74, 6) is 1.03. The maximum atomic E-state index is 12.8. The number of halogens is 1. The van der Waals surface area contributed by atoms with Gasteiger partial charge < -0.3 is 15.0 Å². The number of rotatable bonds is 4. The Morgan fingerprint density at radius 1 is 1.43 bits per heavy atom. The second kappa shape index (κ2) is 6.79. The van der Waals surface area contributed by atoms with E-state index in [1.54, 1.807) is 7.11 Å². The molecule has 116 valence electrons. The zero-order chi connectivity index (χ0) is 15.5. The molecule has 0 radical (unpaired) electrons. The van der Waals surface area contributed by atoms with Crippen LogP contribution in [0.1, 0.15) is 25.3 Å². The summed E-state index contributed by atoms with van der Waals surface area (Å²) in [4.78, 5) is 14.6. The molecular weight excluding hydrogens is 332 g/mol. The Balaban J connectivity index is 2.12. The maximum Gasteiger partial charge on any atom is 0.228 e. The maximum absolute atomic E-state index is 12.8. The van der Waals surface area contributed by atoms with Crippen LogP contribution in [0.2, 0.25) is 0 Å². The SMILES string of the molecule is COc1ccc(Br)cc1CN(C)C(=O)C1(C)CCNCC1. The van der Waals surface area contributed by atoms with Gasteiger partial charge in [-0.05, 0) is 44.1 Å². The van der Waals surface area contributed by atoms with Gasteiger partial charge in [0, 0.05) is 29.0 Å². The van der Waals surface area contributed by atoms with Crippen molar-refractivity contribution in [1.82, 2.24) is 10.2 Å². The molecule has 4 nitrogen and oxygen atoms in total. The molecule has 0 unspecified atom stereocenters. The van der Waals surface area contributed by atoms with Crippen molar-refractivity contribution < 1.29 is 9.53 Å². The summed E-state index contributed by atoms with van der Waals surface area (Å²) in [5.41, 5.74) is 0.763. The number of hydrogen-bond acceptors (Lipinski definition) is 3. The van der Waals surface area contributed by atoms with E-state index in [9.17, 15) is 4.79 Å². The first kappa shape index (κ1) is 16.3. The predicted octanol–water partition coefficient (Wildman–Crippen LogP) is 2.81. The highest BCUT2D eigenvalue weighted by Gasteiger charge is 2.36. The summed E-state index contributed by atoms with van der Waals surface area (Å²) >= 11 is 3.47. The lowest BCUT2D eigenvalue weighted by molar-refractivity contribution is -0.141. The highest BCUT2D eigenvalue weighted by Crippen LogP contribution is 2.31. The quantitative estimate of drug-likeness (QED) is 0.903. The number of nitrogens with one attached hydrogen (secondary N) is 1. The minimum atomic E-state index is -0.251. The third-order valence-corrected chi connectivity index (χ3v) is 4.71. The van der Waals surface area contributed by atoms with Crippen LogP contribution < -0.4 is 10.1 Å². The fourth-order valence-electron chi connectivity index (χ4n) is 2.85. The van der Waals surface area contributed by atoms with Crippen LogP contribution in [0.25, 0.3) is 0 Å². The first-order chi connectivity index (χ1) is 9.96. The lowest BCUT2D eigenvalue weighted by Gasteiger charge is -2.36. The minimum absolute atomic E-state index is 0.214. The first-order valence-corrected chi connectivity index (χ1v) is 8.04. The molecular formula is C16H23BrN2O2. The van der Waals surface area contributed by atoms with Crippen LogP contribution in [0.3, 0.4) is 0 Å². The molecule has 1 N–H and O–H groups in total. The second-order valence-corrected chi connectivity index (χ2v) is 6.84. The predicted molar refractivity (Wildman–Crippen MR) is 87.4 cm³/mol. The van der Waals surface area contributed by atoms with Gasteiger partial charge in [-0.25, -0.2) is 0 Å². The number of nitrogens with zero attached hydrogens (tertiary/aromatic N) is 1. The van der Waals surface area contributed by atoms with Gasteiger partial charge in [0.05, 0.1) is 7.11 Å². The van der Waals surface area contributed by atoms with E-state index < -0.39 is 0 Å². The van der Waals surface area contributed by atoms with Crippen LogP contribution in [-0.2, 0) is 11.3 Å². The average molecular weight is 355 g/mol. The third kappa shape index (κ3) is 3.77. The number of methoxy groups -OCH3 is 1. The number of benzene rings is 1. The molecule has 1 heterocycles. The van der Waals surface area contributed by atoms with Crippen LogP contribution in [0.5, 0.6) is 5.75 Å². The van der Waals surface area contributed by atoms with E-state index in [1.165, 1.54) is 0 Å². The molecule has 0 spiro atoms. The molecule has 0 aliphatic carbocycles. The summed E-state index contributed by atoms with van der Waals surface area (Å²) in [7, 11) is 3.53. The molecule has 0 aromatic heterocycles. The Bertz CT molecular complexity index is 513. The molecule has 1 saturated heterocycles. The van der Waals surface area contributed by atoms with Crippen molar-refractivity contribution in [3.63, 3.8) is 0 Å². The molecule has 1 aliphatic heterocycles. The van der Waals surface area contributed by atoms with Gasteiger partial charge in [0.15, 0.2) is 0 Å². The van der Waals surface area contributed by atoms with E-state index in [0.29, 0.717) is 6.54 Å². The smallest absolute Gasteiger partial charge is 0.228 e. The normalized spacial score (nSPS) is 17.3. The van der Waals surface area contributed by atoms with Crippen molar-refractivity contribution in [3.05, 3.63) is 28.2 Å². The van der Waals surface area contributed by atoms with Crippen molar-refractivity contribution in [2.75, 3.05) is 27.2 Å². The number of amides is 1. The second-order valence-electron chi connectivity index (χ2n) is 5.93. The Morgan fingerprint density at radius 2 is 2.10 bits per heavy atom. The molecule has 1 fully saturated rings. The van der Waals surface area contributed by atoms with E-state index >= 15 is 0 Å². The summed E-state index contributed by atoms with van der Waals surface area (Å²) in [6.07, 6.45) is 1.79. The fraction of sp³-hybridized carbons (Fsp3) is 0.562. The molecule has 21 heavy (non-hydrogen) atoms. The van der Waals surface area contributed by atoms with Crippen LogP contribution in [0.15, 0.2) is 22.7 Å². The summed E-state index contributed by atoms with van der Waals surface area (Å²) < 4.78 is 6.38. The van der Waals surface area contributed by atoms with Gasteiger partial charge in [-0.2, -0.15) is 0 Å². The molecule has 0 atom stereocenters. The molecule has 1 amide bonds. The van der Waals surface area contributed by atoms with Crippen LogP contribution in [-0.4, -0.2) is 38.1 Å². The monoisotopic (exact) mass is 354 g/mol. The molecule has 0 bridgehead atoms. The van der Waals surface area contributed by atoms with Gasteiger partial charge in [-0.15, -0.1) is 0 Å². The van der Waals surface area contributed by atoms with Gasteiger partial charge in [-0.3, -0.25) is 4.79 Å². The van der Waals surface area contributed by atoms with Crippen molar-refractivity contribution >= 4 is 21.8 Å². The molecule has 5 heteroatoms. The molecule has 1 aromatic carbocycles. The fourth-order valence-corrected chi connectivity index (χ4v) is 3.26. The minimum Gasteiger partial charge on any atom is -0.496 e. The number of hydrogen-bond donors (Lipinski definition) is 1. The zero-order valence-electron chi connectivity index (χ0n) is 12.9. The number of ether oxygens (including phenoxy) is 1. The van der Waals surface area contributed by atoms with Crippen molar-refractivity contribution in [1.29, 1.82) is 0 Å². The van der Waals surface area contributed by atoms with E-state index in [2.05, 4.69) is 28.2 Å². The van der Waals surface area contributed by atoms with E-state index in [1.807, 2.05) is 30.1 Å². The summed E-state index contributed by atoms with van der Waals surface area (Å²) in [6.45, 7) is 4.46. The van der Waals surface area contributed by atoms with Crippen molar-refractivity contribution in [2.24, 2.45) is 5.41 Å². The van der Waals surface area contributed by atoms with Gasteiger partial charge in [0.2, 0.25) is 5.91 Å². The molecule has 0 saturated carbocycles. The third-order valence-electron chi connectivity index (χ3n) is 4.22. The summed E-state index contributed by atoms with van der Waals surface area (Å²) in [5, 5.41) is 3.31. The largest absolute Gasteiger partial charge is 0.496 e. The van der Waals surface area contributed by atoms with Crippen molar-refractivity contribution in [2.45, 2.75) is 26.3 Å². The Labute approximate surface area is 135 Å². The first-order valence-electron chi connectivity index (χ1n) is 7.25. The molecule has 1 aromatic rings.